The summed E-state index contributed by atoms with van der Waals surface area (Å²) in [5.41, 5.74) is -5.46. The van der Waals surface area contributed by atoms with Crippen molar-refractivity contribution in [2.24, 2.45) is 0 Å². The van der Waals surface area contributed by atoms with Crippen molar-refractivity contribution in [3.63, 3.8) is 0 Å². The molecule has 0 aliphatic carbocycles. The summed E-state index contributed by atoms with van der Waals surface area (Å²) >= 11 is 0. The third-order valence-electron chi connectivity index (χ3n) is 4.06. The molecule has 2 aromatic rings. The zero-order valence-electron chi connectivity index (χ0n) is 16.0. The van der Waals surface area contributed by atoms with Crippen LogP contribution in [0.15, 0.2) is 53.4 Å². The van der Waals surface area contributed by atoms with Crippen molar-refractivity contribution in [1.82, 2.24) is 5.32 Å². The first kappa shape index (κ1) is 24.0. The fraction of sp³-hybridized carbons (Fsp3) is 0.263. The Kier molecular flexibility index (Phi) is 7.50. The molecular weight excluding hydrogens is 443 g/mol. The van der Waals surface area contributed by atoms with E-state index in [1.54, 1.807) is 30.3 Å². The van der Waals surface area contributed by atoms with Crippen molar-refractivity contribution in [1.29, 1.82) is 0 Å². The number of aromatic hydroxyl groups is 1. The SMILES string of the molecule is COC(=O)[C@H](Cc1ccc(O)cc1S(=O)(=O)C(F)(F)F)NC(=O)OCc1ccccc1. The number of hydrogen-bond donors (Lipinski definition) is 2. The van der Waals surface area contributed by atoms with Gasteiger partial charge in [0.2, 0.25) is 0 Å². The quantitative estimate of drug-likeness (QED) is 0.609. The number of ether oxygens (including phenoxy) is 2. The third-order valence-corrected chi connectivity index (χ3v) is 5.63. The fourth-order valence-corrected chi connectivity index (χ4v) is 3.57. The van der Waals surface area contributed by atoms with Crippen LogP contribution in [0, 0.1) is 0 Å². The molecule has 31 heavy (non-hydrogen) atoms. The predicted octanol–water partition coefficient (Wildman–Crippen LogP) is 2.70. The minimum absolute atomic E-state index is 0.145. The van der Waals surface area contributed by atoms with Gasteiger partial charge in [-0.2, -0.15) is 13.2 Å². The van der Waals surface area contributed by atoms with E-state index in [2.05, 4.69) is 10.1 Å². The van der Waals surface area contributed by atoms with E-state index in [4.69, 9.17) is 4.74 Å². The van der Waals surface area contributed by atoms with Gasteiger partial charge in [0.05, 0.1) is 12.0 Å². The number of amides is 1. The zero-order valence-corrected chi connectivity index (χ0v) is 16.9. The molecule has 0 radical (unpaired) electrons. The molecule has 2 rings (SSSR count). The number of alkyl carbamates (subject to hydrolysis) is 1. The van der Waals surface area contributed by atoms with Crippen LogP contribution >= 0.6 is 0 Å². The van der Waals surface area contributed by atoms with Gasteiger partial charge in [-0.25, -0.2) is 18.0 Å². The molecule has 0 bridgehead atoms. The standard InChI is InChI=1S/C19H18F3NO7S/c1-29-17(25)15(23-18(26)30-11-12-5-3-2-4-6-12)9-13-7-8-14(24)10-16(13)31(27,28)19(20,21)22/h2-8,10,15,24H,9,11H2,1H3,(H,23,26)/t15-/m0/s1. The van der Waals surface area contributed by atoms with Gasteiger partial charge in [0.25, 0.3) is 9.84 Å². The van der Waals surface area contributed by atoms with Crippen LogP contribution in [0.3, 0.4) is 0 Å². The first-order chi connectivity index (χ1) is 14.5. The second-order valence-electron chi connectivity index (χ2n) is 6.23. The number of phenolic OH excluding ortho intramolecular Hbond substituents is 1. The topological polar surface area (TPSA) is 119 Å². The maximum Gasteiger partial charge on any atom is 0.501 e. The highest BCUT2D eigenvalue weighted by Crippen LogP contribution is 2.34. The van der Waals surface area contributed by atoms with Crippen LogP contribution < -0.4 is 5.32 Å². The number of hydrogen-bond acceptors (Lipinski definition) is 7. The van der Waals surface area contributed by atoms with E-state index < -0.39 is 56.1 Å². The third kappa shape index (κ3) is 6.10. The number of nitrogens with one attached hydrogen (secondary N) is 1. The first-order valence-electron chi connectivity index (χ1n) is 8.64. The Morgan fingerprint density at radius 3 is 2.35 bits per heavy atom. The van der Waals surface area contributed by atoms with Gasteiger partial charge in [0.1, 0.15) is 18.4 Å². The van der Waals surface area contributed by atoms with Gasteiger partial charge < -0.3 is 19.9 Å². The summed E-state index contributed by atoms with van der Waals surface area (Å²) in [7, 11) is -4.86. The van der Waals surface area contributed by atoms with Gasteiger partial charge in [-0.05, 0) is 23.3 Å². The van der Waals surface area contributed by atoms with Crippen LogP contribution in [0.1, 0.15) is 11.1 Å². The number of phenols is 1. The number of methoxy groups -OCH3 is 1. The van der Waals surface area contributed by atoms with E-state index in [0.29, 0.717) is 11.6 Å². The maximum absolute atomic E-state index is 13.0. The first-order valence-corrected chi connectivity index (χ1v) is 10.1. The Balaban J connectivity index is 2.25. The normalized spacial score (nSPS) is 12.6. The van der Waals surface area contributed by atoms with Gasteiger partial charge in [-0.15, -0.1) is 0 Å². The number of rotatable bonds is 7. The molecule has 0 fully saturated rings. The molecule has 1 atom stereocenters. The largest absolute Gasteiger partial charge is 0.508 e. The fourth-order valence-electron chi connectivity index (χ4n) is 2.55. The van der Waals surface area contributed by atoms with Crippen molar-refractivity contribution in [2.45, 2.75) is 29.5 Å². The summed E-state index contributed by atoms with van der Waals surface area (Å²) in [6, 6.07) is 9.24. The molecule has 8 nitrogen and oxygen atoms in total. The molecule has 0 saturated carbocycles. The van der Waals surface area contributed by atoms with Gasteiger partial charge >= 0.3 is 17.6 Å². The van der Waals surface area contributed by atoms with Crippen molar-refractivity contribution in [3.05, 3.63) is 59.7 Å². The Morgan fingerprint density at radius 1 is 1.13 bits per heavy atom. The van der Waals surface area contributed by atoms with E-state index in [9.17, 15) is 36.3 Å². The van der Waals surface area contributed by atoms with E-state index in [1.165, 1.54) is 0 Å². The molecule has 0 aliphatic heterocycles. The molecule has 12 heteroatoms. The van der Waals surface area contributed by atoms with Crippen LogP contribution in [0.5, 0.6) is 5.75 Å². The minimum atomic E-state index is -5.84. The number of carbonyl (C=O) groups excluding carboxylic acids is 2. The smallest absolute Gasteiger partial charge is 0.501 e. The van der Waals surface area contributed by atoms with Crippen molar-refractivity contribution in [2.75, 3.05) is 7.11 Å². The van der Waals surface area contributed by atoms with Crippen molar-refractivity contribution >= 4 is 21.9 Å². The average molecular weight is 461 g/mol. The second kappa shape index (κ2) is 9.69. The van der Waals surface area contributed by atoms with E-state index in [0.717, 1.165) is 19.2 Å². The number of sulfone groups is 1. The number of carbonyl (C=O) groups is 2. The van der Waals surface area contributed by atoms with Gasteiger partial charge in [-0.1, -0.05) is 36.4 Å². The number of alkyl halides is 3. The summed E-state index contributed by atoms with van der Waals surface area (Å²) in [6.45, 7) is -0.145. The maximum atomic E-state index is 13.0. The molecular formula is C19H18F3NO7S. The Morgan fingerprint density at radius 2 is 1.77 bits per heavy atom. The molecule has 0 saturated heterocycles. The molecule has 0 heterocycles. The van der Waals surface area contributed by atoms with Gasteiger partial charge in [0, 0.05) is 6.42 Å². The van der Waals surface area contributed by atoms with E-state index >= 15 is 0 Å². The highest BCUT2D eigenvalue weighted by Gasteiger charge is 2.48. The van der Waals surface area contributed by atoms with Gasteiger partial charge in [-0.3, -0.25) is 0 Å². The van der Waals surface area contributed by atoms with Crippen molar-refractivity contribution < 1.29 is 45.8 Å². The lowest BCUT2D eigenvalue weighted by molar-refractivity contribution is -0.143. The van der Waals surface area contributed by atoms with Crippen molar-refractivity contribution in [3.8, 4) is 5.75 Å². The lowest BCUT2D eigenvalue weighted by Crippen LogP contribution is -2.43. The van der Waals surface area contributed by atoms with E-state index in [-0.39, 0.29) is 6.61 Å². The van der Waals surface area contributed by atoms with Gasteiger partial charge in [0.15, 0.2) is 0 Å². The lowest BCUT2D eigenvalue weighted by Gasteiger charge is -2.19. The summed E-state index contributed by atoms with van der Waals surface area (Å²) in [5, 5.41) is 11.6. The Hall–Kier alpha value is -3.28. The Labute approximate surface area is 175 Å². The van der Waals surface area contributed by atoms with Crippen LogP contribution in [-0.4, -0.2) is 44.2 Å². The van der Waals surface area contributed by atoms with Crippen LogP contribution in [0.4, 0.5) is 18.0 Å². The highest BCUT2D eigenvalue weighted by molar-refractivity contribution is 7.92. The van der Waals surface area contributed by atoms with Crippen LogP contribution in [0.25, 0.3) is 0 Å². The number of halogens is 3. The summed E-state index contributed by atoms with van der Waals surface area (Å²) in [6.07, 6.45) is -1.74. The molecule has 0 spiro atoms. The van der Waals surface area contributed by atoms with Crippen LogP contribution in [0.2, 0.25) is 0 Å². The number of benzene rings is 2. The second-order valence-corrected chi connectivity index (χ2v) is 8.14. The molecule has 0 unspecified atom stereocenters. The molecule has 2 N–H and O–H groups in total. The molecule has 168 valence electrons. The summed E-state index contributed by atoms with van der Waals surface area (Å²) < 4.78 is 72.3. The van der Waals surface area contributed by atoms with Crippen LogP contribution in [-0.2, 0) is 37.1 Å². The number of esters is 1. The Bertz CT molecular complexity index is 1040. The molecule has 2 aromatic carbocycles. The molecule has 0 aromatic heterocycles. The zero-order chi connectivity index (χ0) is 23.2. The molecule has 0 aliphatic rings. The minimum Gasteiger partial charge on any atom is -0.508 e. The monoisotopic (exact) mass is 461 g/mol. The van der Waals surface area contributed by atoms with E-state index in [1.807, 2.05) is 0 Å². The lowest BCUT2D eigenvalue weighted by atomic mass is 10.1. The predicted molar refractivity (Wildman–Crippen MR) is 101 cm³/mol. The summed E-state index contributed by atoms with van der Waals surface area (Å²) in [5.74, 6) is -1.77. The summed E-state index contributed by atoms with van der Waals surface area (Å²) in [4.78, 5) is 22.8. The molecule has 1 amide bonds. The highest BCUT2D eigenvalue weighted by atomic mass is 32.2. The average Bonchev–Trinajstić information content (AvgIpc) is 2.72.